The molecule has 1 saturated heterocycles. The van der Waals surface area contributed by atoms with Gasteiger partial charge in [-0.2, -0.15) is 0 Å². The smallest absolute Gasteiger partial charge is 0.233 e. The van der Waals surface area contributed by atoms with E-state index in [2.05, 4.69) is 15.9 Å². The maximum atomic E-state index is 12.8. The summed E-state index contributed by atoms with van der Waals surface area (Å²) in [6.07, 6.45) is 1.37. The summed E-state index contributed by atoms with van der Waals surface area (Å²) in [4.78, 5) is 14.5. The minimum Gasteiger partial charge on any atom is -0.395 e. The number of carbonyl (C=O) groups excluding carboxylic acids is 1. The maximum Gasteiger partial charge on any atom is 0.233 e. The van der Waals surface area contributed by atoms with Crippen molar-refractivity contribution in [1.29, 1.82) is 0 Å². The van der Waals surface area contributed by atoms with E-state index >= 15 is 0 Å². The van der Waals surface area contributed by atoms with Gasteiger partial charge in [-0.25, -0.2) is 0 Å². The van der Waals surface area contributed by atoms with Crippen molar-refractivity contribution in [3.05, 3.63) is 34.3 Å². The molecule has 0 aromatic heterocycles. The Morgan fingerprint density at radius 3 is 2.50 bits per heavy atom. The molecular weight excluding hydrogens is 322 g/mol. The predicted octanol–water partition coefficient (Wildman–Crippen LogP) is 1.95. The Morgan fingerprint density at radius 1 is 1.35 bits per heavy atom. The standard InChI is InChI=1S/C15H20BrNO3/c1-17(8-9-18)14(19)15(6-10-20-11-7-15)12-2-4-13(16)5-3-12/h2-5,18H,6-11H2,1H3. The van der Waals surface area contributed by atoms with E-state index in [1.807, 2.05) is 24.3 Å². The number of carbonyl (C=O) groups is 1. The molecule has 1 aliphatic heterocycles. The summed E-state index contributed by atoms with van der Waals surface area (Å²) >= 11 is 3.42. The third-order valence-electron chi connectivity index (χ3n) is 3.93. The van der Waals surface area contributed by atoms with Crippen molar-refractivity contribution in [3.63, 3.8) is 0 Å². The highest BCUT2D eigenvalue weighted by atomic mass is 79.9. The number of nitrogens with zero attached hydrogens (tertiary/aromatic N) is 1. The van der Waals surface area contributed by atoms with E-state index in [9.17, 15) is 4.79 Å². The van der Waals surface area contributed by atoms with Gasteiger partial charge in [0.15, 0.2) is 0 Å². The highest BCUT2D eigenvalue weighted by Gasteiger charge is 2.43. The first-order chi connectivity index (χ1) is 9.60. The van der Waals surface area contributed by atoms with Gasteiger partial charge in [0.1, 0.15) is 0 Å². The van der Waals surface area contributed by atoms with Crippen LogP contribution in [0.2, 0.25) is 0 Å². The molecule has 0 saturated carbocycles. The van der Waals surface area contributed by atoms with Crippen LogP contribution in [-0.2, 0) is 14.9 Å². The van der Waals surface area contributed by atoms with Crippen LogP contribution in [0.3, 0.4) is 0 Å². The van der Waals surface area contributed by atoms with Gasteiger partial charge in [0.2, 0.25) is 5.91 Å². The number of aliphatic hydroxyl groups excluding tert-OH is 1. The number of rotatable bonds is 4. The lowest BCUT2D eigenvalue weighted by Crippen LogP contribution is -2.49. The Balaban J connectivity index is 2.34. The van der Waals surface area contributed by atoms with Crippen LogP contribution in [-0.4, -0.2) is 49.3 Å². The maximum absolute atomic E-state index is 12.8. The van der Waals surface area contributed by atoms with E-state index in [0.717, 1.165) is 10.0 Å². The van der Waals surface area contributed by atoms with E-state index in [1.54, 1.807) is 11.9 Å². The van der Waals surface area contributed by atoms with E-state index in [4.69, 9.17) is 9.84 Å². The van der Waals surface area contributed by atoms with Crippen molar-refractivity contribution in [2.75, 3.05) is 33.4 Å². The summed E-state index contributed by atoms with van der Waals surface area (Å²) in [6, 6.07) is 7.93. The van der Waals surface area contributed by atoms with Crippen molar-refractivity contribution in [2.24, 2.45) is 0 Å². The fraction of sp³-hybridized carbons (Fsp3) is 0.533. The van der Waals surface area contributed by atoms with Gasteiger partial charge in [0, 0.05) is 31.3 Å². The second-order valence-electron chi connectivity index (χ2n) is 5.15. The van der Waals surface area contributed by atoms with Gasteiger partial charge in [-0.3, -0.25) is 4.79 Å². The van der Waals surface area contributed by atoms with Gasteiger partial charge in [0.05, 0.1) is 12.0 Å². The van der Waals surface area contributed by atoms with Gasteiger partial charge in [-0.05, 0) is 30.5 Å². The molecule has 0 radical (unpaired) electrons. The molecule has 1 aromatic rings. The first-order valence-corrected chi connectivity index (χ1v) is 7.60. The van der Waals surface area contributed by atoms with Crippen molar-refractivity contribution >= 4 is 21.8 Å². The second kappa shape index (κ2) is 6.70. The summed E-state index contributed by atoms with van der Waals surface area (Å²) in [5, 5.41) is 9.05. The lowest BCUT2D eigenvalue weighted by atomic mass is 9.73. The Kier molecular flexibility index (Phi) is 5.18. The number of amides is 1. The number of aliphatic hydroxyl groups is 1. The molecule has 1 heterocycles. The minimum absolute atomic E-state index is 0.0187. The van der Waals surface area contributed by atoms with Crippen LogP contribution in [0.1, 0.15) is 18.4 Å². The van der Waals surface area contributed by atoms with Crippen LogP contribution >= 0.6 is 15.9 Å². The van der Waals surface area contributed by atoms with Gasteiger partial charge < -0.3 is 14.7 Å². The largest absolute Gasteiger partial charge is 0.395 e. The molecule has 1 aliphatic rings. The molecule has 5 heteroatoms. The number of hydrogen-bond acceptors (Lipinski definition) is 3. The molecular formula is C15H20BrNO3. The third-order valence-corrected chi connectivity index (χ3v) is 4.46. The Morgan fingerprint density at radius 2 is 1.95 bits per heavy atom. The summed E-state index contributed by atoms with van der Waals surface area (Å²) in [5.41, 5.74) is 0.502. The highest BCUT2D eigenvalue weighted by molar-refractivity contribution is 9.10. The minimum atomic E-state index is -0.525. The number of likely N-dealkylation sites (N-methyl/N-ethyl adjacent to an activating group) is 1. The monoisotopic (exact) mass is 341 g/mol. The molecule has 0 bridgehead atoms. The first kappa shape index (κ1) is 15.5. The first-order valence-electron chi connectivity index (χ1n) is 6.80. The molecule has 2 rings (SSSR count). The summed E-state index contributed by atoms with van der Waals surface area (Å²) in [7, 11) is 1.74. The van der Waals surface area contributed by atoms with Crippen molar-refractivity contribution < 1.29 is 14.6 Å². The molecule has 20 heavy (non-hydrogen) atoms. The van der Waals surface area contributed by atoms with Gasteiger partial charge in [-0.15, -0.1) is 0 Å². The van der Waals surface area contributed by atoms with Gasteiger partial charge in [-0.1, -0.05) is 28.1 Å². The molecule has 1 amide bonds. The topological polar surface area (TPSA) is 49.8 Å². The Hall–Kier alpha value is -0.910. The molecule has 0 aliphatic carbocycles. The number of hydrogen-bond donors (Lipinski definition) is 1. The average molecular weight is 342 g/mol. The molecule has 0 atom stereocenters. The summed E-state index contributed by atoms with van der Waals surface area (Å²) in [5.74, 6) is 0.0668. The molecule has 0 unspecified atom stereocenters. The van der Waals surface area contributed by atoms with Crippen LogP contribution in [0.5, 0.6) is 0 Å². The molecule has 4 nitrogen and oxygen atoms in total. The van der Waals surface area contributed by atoms with Gasteiger partial charge in [0.25, 0.3) is 0 Å². The quantitative estimate of drug-likeness (QED) is 0.910. The van der Waals surface area contributed by atoms with Gasteiger partial charge >= 0.3 is 0 Å². The molecule has 110 valence electrons. The van der Waals surface area contributed by atoms with E-state index in [1.165, 1.54) is 0 Å². The average Bonchev–Trinajstić information content (AvgIpc) is 2.48. The predicted molar refractivity (Wildman–Crippen MR) is 80.6 cm³/mol. The second-order valence-corrected chi connectivity index (χ2v) is 6.07. The van der Waals surface area contributed by atoms with E-state index < -0.39 is 5.41 Å². The zero-order chi connectivity index (χ0) is 14.6. The number of ether oxygens (including phenoxy) is 1. The van der Waals surface area contributed by atoms with E-state index in [0.29, 0.717) is 32.6 Å². The summed E-state index contributed by atoms with van der Waals surface area (Å²) in [6.45, 7) is 1.52. The van der Waals surface area contributed by atoms with Crippen LogP contribution in [0.15, 0.2) is 28.7 Å². The number of halogens is 1. The van der Waals surface area contributed by atoms with Crippen LogP contribution < -0.4 is 0 Å². The van der Waals surface area contributed by atoms with Crippen molar-refractivity contribution in [3.8, 4) is 0 Å². The zero-order valence-corrected chi connectivity index (χ0v) is 13.2. The Labute approximate surface area is 127 Å². The fourth-order valence-electron chi connectivity index (χ4n) is 2.73. The lowest BCUT2D eigenvalue weighted by molar-refractivity contribution is -0.140. The molecule has 1 N–H and O–H groups in total. The van der Waals surface area contributed by atoms with Crippen LogP contribution in [0, 0.1) is 0 Å². The molecule has 1 fully saturated rings. The Bertz CT molecular complexity index is 455. The number of benzene rings is 1. The fourth-order valence-corrected chi connectivity index (χ4v) is 3.00. The van der Waals surface area contributed by atoms with Crippen LogP contribution in [0.25, 0.3) is 0 Å². The molecule has 0 spiro atoms. The van der Waals surface area contributed by atoms with Crippen molar-refractivity contribution in [1.82, 2.24) is 4.90 Å². The molecule has 1 aromatic carbocycles. The summed E-state index contributed by atoms with van der Waals surface area (Å²) < 4.78 is 6.43. The SMILES string of the molecule is CN(CCO)C(=O)C1(c2ccc(Br)cc2)CCOCC1. The lowest BCUT2D eigenvalue weighted by Gasteiger charge is -2.39. The normalized spacial score (nSPS) is 17.8. The van der Waals surface area contributed by atoms with Crippen molar-refractivity contribution in [2.45, 2.75) is 18.3 Å². The third kappa shape index (κ3) is 3.05. The highest BCUT2D eigenvalue weighted by Crippen LogP contribution is 2.37. The zero-order valence-electron chi connectivity index (χ0n) is 11.6. The van der Waals surface area contributed by atoms with Crippen LogP contribution in [0.4, 0.5) is 0 Å². The van der Waals surface area contributed by atoms with E-state index in [-0.39, 0.29) is 12.5 Å².